The van der Waals surface area contributed by atoms with E-state index in [-0.39, 0.29) is 36.1 Å². The molecule has 8 heteroatoms. The molecule has 1 fully saturated rings. The van der Waals surface area contributed by atoms with E-state index in [0.717, 1.165) is 16.9 Å². The first kappa shape index (κ1) is 27.4. The summed E-state index contributed by atoms with van der Waals surface area (Å²) < 4.78 is 25.9. The Morgan fingerprint density at radius 1 is 1.11 bits per heavy atom. The van der Waals surface area contributed by atoms with Gasteiger partial charge < -0.3 is 19.4 Å². The maximum atomic E-state index is 14.8. The number of piperazine rings is 1. The van der Waals surface area contributed by atoms with Crippen molar-refractivity contribution in [1.29, 1.82) is 0 Å². The van der Waals surface area contributed by atoms with E-state index in [1.165, 1.54) is 6.07 Å². The summed E-state index contributed by atoms with van der Waals surface area (Å²) in [6, 6.07) is 15.4. The number of benzene rings is 2. The fraction of sp³-hybridized carbons (Fsp3) is 0.400. The van der Waals surface area contributed by atoms with Crippen molar-refractivity contribution in [3.05, 3.63) is 77.8 Å². The summed E-state index contributed by atoms with van der Waals surface area (Å²) in [6.07, 6.45) is 1.63. The van der Waals surface area contributed by atoms with Crippen LogP contribution in [0, 0.1) is 11.7 Å². The lowest BCUT2D eigenvalue weighted by Gasteiger charge is -2.45. The average Bonchev–Trinajstić information content (AvgIpc) is 3.44. The number of nitrogens with zero attached hydrogens (tertiary/aromatic N) is 2. The van der Waals surface area contributed by atoms with Gasteiger partial charge in [0.2, 0.25) is 11.8 Å². The second-order valence-corrected chi connectivity index (χ2v) is 10.0. The van der Waals surface area contributed by atoms with Crippen LogP contribution in [-0.2, 0) is 22.7 Å². The first-order valence-corrected chi connectivity index (χ1v) is 13.1. The molecule has 1 aliphatic rings. The van der Waals surface area contributed by atoms with E-state index in [1.807, 2.05) is 69.0 Å². The van der Waals surface area contributed by atoms with Crippen molar-refractivity contribution in [2.45, 2.75) is 52.9 Å². The molecule has 0 radical (unpaired) electrons. The van der Waals surface area contributed by atoms with E-state index in [0.29, 0.717) is 37.6 Å². The molecule has 38 heavy (non-hydrogen) atoms. The molecule has 0 saturated carbocycles. The molecule has 0 spiro atoms. The molecule has 1 saturated heterocycles. The number of hydrogen-bond acceptors (Lipinski definition) is 5. The Hall–Kier alpha value is -3.65. The molecule has 2 amide bonds. The maximum Gasteiger partial charge on any atom is 0.244 e. The summed E-state index contributed by atoms with van der Waals surface area (Å²) in [5.41, 5.74) is 2.35. The van der Waals surface area contributed by atoms with Crippen LogP contribution < -0.4 is 10.1 Å². The van der Waals surface area contributed by atoms with Gasteiger partial charge in [0.1, 0.15) is 23.4 Å². The molecule has 2 unspecified atom stereocenters. The van der Waals surface area contributed by atoms with Gasteiger partial charge in [0.25, 0.3) is 0 Å². The van der Waals surface area contributed by atoms with E-state index in [2.05, 4.69) is 5.32 Å². The van der Waals surface area contributed by atoms with Crippen LogP contribution in [-0.4, -0.2) is 53.4 Å². The van der Waals surface area contributed by atoms with Gasteiger partial charge in [0, 0.05) is 49.3 Å². The third kappa shape index (κ3) is 6.25. The number of hydrogen-bond donors (Lipinski definition) is 1. The summed E-state index contributed by atoms with van der Waals surface area (Å²) in [4.78, 5) is 30.4. The van der Waals surface area contributed by atoms with Crippen LogP contribution in [0.3, 0.4) is 0 Å². The first-order valence-electron chi connectivity index (χ1n) is 13.1. The minimum absolute atomic E-state index is 0.0685. The normalized spacial score (nSPS) is 18.0. The minimum Gasteiger partial charge on any atom is -0.493 e. The number of nitrogens with one attached hydrogen (secondary N) is 1. The van der Waals surface area contributed by atoms with Crippen molar-refractivity contribution in [1.82, 2.24) is 15.1 Å². The highest BCUT2D eigenvalue weighted by molar-refractivity contribution is 5.89. The number of carbonyl (C=O) groups excluding carboxylic acids is 2. The average molecular weight is 522 g/mol. The quantitative estimate of drug-likeness (QED) is 0.435. The van der Waals surface area contributed by atoms with Crippen LogP contribution in [0.15, 0.2) is 65.3 Å². The number of furan rings is 1. The lowest BCUT2D eigenvalue weighted by Crippen LogP contribution is -2.64. The number of carbonyl (C=O) groups is 2. The Kier molecular flexibility index (Phi) is 8.84. The molecule has 1 aliphatic heterocycles. The number of amides is 2. The number of ether oxygens (including phenoxy) is 1. The third-order valence-corrected chi connectivity index (χ3v) is 6.80. The fourth-order valence-electron chi connectivity index (χ4n) is 4.93. The molecule has 1 N–H and O–H groups in total. The number of rotatable bonds is 9. The molecule has 1 aromatic heterocycles. The zero-order valence-electron chi connectivity index (χ0n) is 22.4. The largest absolute Gasteiger partial charge is 0.493 e. The van der Waals surface area contributed by atoms with Crippen LogP contribution in [0.25, 0.3) is 11.3 Å². The van der Waals surface area contributed by atoms with Crippen molar-refractivity contribution in [2.75, 3.05) is 19.7 Å². The van der Waals surface area contributed by atoms with E-state index in [9.17, 15) is 14.0 Å². The van der Waals surface area contributed by atoms with E-state index >= 15 is 0 Å². The Morgan fingerprint density at radius 2 is 1.87 bits per heavy atom. The SMILES string of the molecule is CCOc1cccc(F)c1CN1CC(C)N(C(=O)C(C)C)C(C(=O)NCc2ccc(-c3ccco3)cc2)C1. The summed E-state index contributed by atoms with van der Waals surface area (Å²) in [6.45, 7) is 9.33. The standard InChI is InChI=1S/C30H36FN3O4/c1-5-37-28-9-6-8-25(31)24(28)18-33-17-21(4)34(30(36)20(2)3)26(19-33)29(35)32-16-22-11-13-23(14-12-22)27-10-7-15-38-27/h6-15,20-21,26H,5,16-19H2,1-4H3,(H,32,35). The second-order valence-electron chi connectivity index (χ2n) is 10.0. The zero-order valence-corrected chi connectivity index (χ0v) is 22.4. The van der Waals surface area contributed by atoms with Gasteiger partial charge in [0.05, 0.1) is 12.9 Å². The summed E-state index contributed by atoms with van der Waals surface area (Å²) in [7, 11) is 0. The second kappa shape index (κ2) is 12.3. The van der Waals surface area contributed by atoms with Crippen molar-refractivity contribution < 1.29 is 23.1 Å². The highest BCUT2D eigenvalue weighted by atomic mass is 19.1. The van der Waals surface area contributed by atoms with Gasteiger partial charge in [-0.15, -0.1) is 0 Å². The summed E-state index contributed by atoms with van der Waals surface area (Å²) in [5, 5.41) is 3.01. The first-order chi connectivity index (χ1) is 18.3. The van der Waals surface area contributed by atoms with Gasteiger partial charge in [-0.1, -0.05) is 44.2 Å². The molecule has 0 bridgehead atoms. The van der Waals surface area contributed by atoms with Crippen LogP contribution in [0.5, 0.6) is 5.75 Å². The van der Waals surface area contributed by atoms with Crippen molar-refractivity contribution in [3.8, 4) is 17.1 Å². The van der Waals surface area contributed by atoms with Crippen molar-refractivity contribution >= 4 is 11.8 Å². The van der Waals surface area contributed by atoms with Crippen LogP contribution in [0.4, 0.5) is 4.39 Å². The van der Waals surface area contributed by atoms with E-state index in [4.69, 9.17) is 9.15 Å². The molecule has 0 aliphatic carbocycles. The Labute approximate surface area is 223 Å². The van der Waals surface area contributed by atoms with Crippen LogP contribution in [0.1, 0.15) is 38.8 Å². The monoisotopic (exact) mass is 521 g/mol. The maximum absolute atomic E-state index is 14.8. The summed E-state index contributed by atoms with van der Waals surface area (Å²) in [5.74, 6) is 0.389. The van der Waals surface area contributed by atoms with Gasteiger partial charge in [-0.2, -0.15) is 0 Å². The van der Waals surface area contributed by atoms with Crippen LogP contribution >= 0.6 is 0 Å². The molecule has 2 aromatic carbocycles. The lowest BCUT2D eigenvalue weighted by molar-refractivity contribution is -0.150. The van der Waals surface area contributed by atoms with Gasteiger partial charge >= 0.3 is 0 Å². The third-order valence-electron chi connectivity index (χ3n) is 6.80. The van der Waals surface area contributed by atoms with Gasteiger partial charge in [0.15, 0.2) is 0 Å². The predicted molar refractivity (Wildman–Crippen MR) is 144 cm³/mol. The topological polar surface area (TPSA) is 75.0 Å². The Morgan fingerprint density at radius 3 is 2.53 bits per heavy atom. The lowest BCUT2D eigenvalue weighted by atomic mass is 10.0. The molecule has 2 heterocycles. The van der Waals surface area contributed by atoms with Gasteiger partial charge in [-0.05, 0) is 43.7 Å². The van der Waals surface area contributed by atoms with E-state index in [1.54, 1.807) is 23.3 Å². The Balaban J connectivity index is 1.49. The number of halogens is 1. The molecular weight excluding hydrogens is 485 g/mol. The van der Waals surface area contributed by atoms with Crippen molar-refractivity contribution in [3.63, 3.8) is 0 Å². The summed E-state index contributed by atoms with van der Waals surface area (Å²) >= 11 is 0. The molecule has 202 valence electrons. The highest BCUT2D eigenvalue weighted by Crippen LogP contribution is 2.27. The molecular formula is C30H36FN3O4. The van der Waals surface area contributed by atoms with Gasteiger partial charge in [-0.3, -0.25) is 14.5 Å². The van der Waals surface area contributed by atoms with Gasteiger partial charge in [-0.25, -0.2) is 4.39 Å². The minimum atomic E-state index is -0.696. The molecule has 2 atom stereocenters. The van der Waals surface area contributed by atoms with Crippen LogP contribution in [0.2, 0.25) is 0 Å². The zero-order chi connectivity index (χ0) is 27.2. The highest BCUT2D eigenvalue weighted by Gasteiger charge is 2.40. The predicted octanol–water partition coefficient (Wildman–Crippen LogP) is 4.86. The van der Waals surface area contributed by atoms with Crippen molar-refractivity contribution in [2.24, 2.45) is 5.92 Å². The molecule has 3 aromatic rings. The van der Waals surface area contributed by atoms with E-state index < -0.39 is 6.04 Å². The Bertz CT molecular complexity index is 1230. The molecule has 4 rings (SSSR count). The molecule has 7 nitrogen and oxygen atoms in total. The smallest absolute Gasteiger partial charge is 0.244 e. The fourth-order valence-corrected chi connectivity index (χ4v) is 4.93.